The second-order valence-electron chi connectivity index (χ2n) is 5.09. The van der Waals surface area contributed by atoms with E-state index < -0.39 is 29.2 Å². The third kappa shape index (κ3) is 3.29. The second kappa shape index (κ2) is 6.07. The molecular weight excluding hydrogens is 282 g/mol. The van der Waals surface area contributed by atoms with Gasteiger partial charge >= 0.3 is 12.0 Å². The molecule has 0 saturated carbocycles. The van der Waals surface area contributed by atoms with Crippen molar-refractivity contribution in [2.45, 2.75) is 32.2 Å². The quantitative estimate of drug-likeness (QED) is 0.881. The van der Waals surface area contributed by atoms with Crippen molar-refractivity contribution in [3.8, 4) is 0 Å². The fraction of sp³-hybridized carbons (Fsp3) is 0.429. The molecule has 2 amide bonds. The van der Waals surface area contributed by atoms with E-state index in [2.05, 4.69) is 5.32 Å². The first-order valence-corrected chi connectivity index (χ1v) is 6.70. The van der Waals surface area contributed by atoms with Crippen molar-refractivity contribution in [1.29, 1.82) is 0 Å². The molecule has 0 aliphatic carbocycles. The standard InChI is InChI=1S/C14H16F2N2O3/c1-8-4-2-3-5-18(8)14(21)17-12-6-9(13(19)20)10(15)7-11(12)16/h6-8H,2-5H2,1H3,(H,17,21)(H,19,20). The van der Waals surface area contributed by atoms with Crippen LogP contribution in [0.1, 0.15) is 36.5 Å². The van der Waals surface area contributed by atoms with Gasteiger partial charge in [-0.3, -0.25) is 0 Å². The summed E-state index contributed by atoms with van der Waals surface area (Å²) in [5.41, 5.74) is -1.02. The van der Waals surface area contributed by atoms with Crippen LogP contribution in [0.4, 0.5) is 19.3 Å². The highest BCUT2D eigenvalue weighted by atomic mass is 19.1. The van der Waals surface area contributed by atoms with Crippen LogP contribution in [0, 0.1) is 11.6 Å². The van der Waals surface area contributed by atoms with Crippen molar-refractivity contribution in [3.05, 3.63) is 29.3 Å². The molecule has 2 rings (SSSR count). The van der Waals surface area contributed by atoms with E-state index in [1.165, 1.54) is 0 Å². The van der Waals surface area contributed by atoms with Gasteiger partial charge in [-0.15, -0.1) is 0 Å². The Bertz CT molecular complexity index is 578. The molecule has 0 spiro atoms. The van der Waals surface area contributed by atoms with Gasteiger partial charge in [0.05, 0.1) is 11.3 Å². The Morgan fingerprint density at radius 2 is 2.00 bits per heavy atom. The number of anilines is 1. The number of halogens is 2. The molecule has 114 valence electrons. The van der Waals surface area contributed by atoms with Crippen LogP contribution >= 0.6 is 0 Å². The van der Waals surface area contributed by atoms with E-state index in [0.717, 1.165) is 25.3 Å². The first-order chi connectivity index (χ1) is 9.90. The Hall–Kier alpha value is -2.18. The van der Waals surface area contributed by atoms with Gasteiger partial charge in [0.25, 0.3) is 0 Å². The molecule has 1 heterocycles. The Balaban J connectivity index is 2.20. The Kier molecular flexibility index (Phi) is 4.40. The zero-order valence-electron chi connectivity index (χ0n) is 11.5. The van der Waals surface area contributed by atoms with E-state index in [9.17, 15) is 18.4 Å². The summed E-state index contributed by atoms with van der Waals surface area (Å²) in [4.78, 5) is 24.5. The fourth-order valence-electron chi connectivity index (χ4n) is 2.40. The van der Waals surface area contributed by atoms with Crippen LogP contribution < -0.4 is 5.32 Å². The number of nitrogens with zero attached hydrogens (tertiary/aromatic N) is 1. The minimum atomic E-state index is -1.52. The van der Waals surface area contributed by atoms with Gasteiger partial charge in [-0.2, -0.15) is 0 Å². The van der Waals surface area contributed by atoms with Gasteiger partial charge in [0.15, 0.2) is 0 Å². The summed E-state index contributed by atoms with van der Waals surface area (Å²) in [6, 6.07) is 0.767. The number of carbonyl (C=O) groups excluding carboxylic acids is 1. The molecule has 0 radical (unpaired) electrons. The number of carboxylic acid groups (broad SMARTS) is 1. The molecule has 1 aliphatic heterocycles. The Morgan fingerprint density at radius 1 is 1.29 bits per heavy atom. The van der Waals surface area contributed by atoms with Crippen molar-refractivity contribution in [3.63, 3.8) is 0 Å². The summed E-state index contributed by atoms with van der Waals surface area (Å²) < 4.78 is 26.9. The number of hydrogen-bond acceptors (Lipinski definition) is 2. The van der Waals surface area contributed by atoms with Gasteiger partial charge in [0.1, 0.15) is 11.6 Å². The predicted octanol–water partition coefficient (Wildman–Crippen LogP) is 3.07. The number of carboxylic acids is 1. The van der Waals surface area contributed by atoms with Crippen molar-refractivity contribution in [1.82, 2.24) is 4.90 Å². The third-order valence-corrected chi connectivity index (χ3v) is 3.59. The zero-order valence-corrected chi connectivity index (χ0v) is 11.5. The Labute approximate surface area is 120 Å². The number of piperidine rings is 1. The van der Waals surface area contributed by atoms with E-state index in [0.29, 0.717) is 12.6 Å². The van der Waals surface area contributed by atoms with E-state index in [1.54, 1.807) is 4.90 Å². The minimum absolute atomic E-state index is 0.0289. The normalized spacial score (nSPS) is 18.4. The molecule has 1 aliphatic rings. The highest BCUT2D eigenvalue weighted by Gasteiger charge is 2.24. The number of nitrogens with one attached hydrogen (secondary N) is 1. The van der Waals surface area contributed by atoms with E-state index in [4.69, 9.17) is 5.11 Å². The van der Waals surface area contributed by atoms with Gasteiger partial charge in [-0.1, -0.05) is 0 Å². The molecule has 0 bridgehead atoms. The third-order valence-electron chi connectivity index (χ3n) is 3.59. The maximum Gasteiger partial charge on any atom is 0.338 e. The average molecular weight is 298 g/mol. The van der Waals surface area contributed by atoms with Crippen LogP contribution in [0.15, 0.2) is 12.1 Å². The lowest BCUT2D eigenvalue weighted by Crippen LogP contribution is -2.44. The van der Waals surface area contributed by atoms with Gasteiger partial charge < -0.3 is 15.3 Å². The summed E-state index contributed by atoms with van der Waals surface area (Å²) in [6.07, 6.45) is 2.75. The Morgan fingerprint density at radius 3 is 2.62 bits per heavy atom. The minimum Gasteiger partial charge on any atom is -0.478 e. The molecule has 1 fully saturated rings. The van der Waals surface area contributed by atoms with Crippen molar-refractivity contribution >= 4 is 17.7 Å². The molecule has 1 atom stereocenters. The van der Waals surface area contributed by atoms with Crippen LogP contribution in [0.2, 0.25) is 0 Å². The topological polar surface area (TPSA) is 69.6 Å². The van der Waals surface area contributed by atoms with Crippen molar-refractivity contribution in [2.24, 2.45) is 0 Å². The molecule has 2 N–H and O–H groups in total. The molecule has 1 saturated heterocycles. The lowest BCUT2D eigenvalue weighted by atomic mass is 10.0. The highest BCUT2D eigenvalue weighted by Crippen LogP contribution is 2.22. The first kappa shape index (κ1) is 15.2. The molecule has 1 aromatic rings. The number of hydrogen-bond donors (Lipinski definition) is 2. The molecule has 0 aromatic heterocycles. The number of rotatable bonds is 2. The number of urea groups is 1. The molecule has 1 unspecified atom stereocenters. The highest BCUT2D eigenvalue weighted by molar-refractivity contribution is 5.93. The van der Waals surface area contributed by atoms with Crippen LogP contribution in [0.25, 0.3) is 0 Å². The SMILES string of the molecule is CC1CCCCN1C(=O)Nc1cc(C(=O)O)c(F)cc1F. The maximum atomic E-state index is 13.7. The number of likely N-dealkylation sites (tertiary alicyclic amines) is 1. The second-order valence-corrected chi connectivity index (χ2v) is 5.09. The molecular formula is C14H16F2N2O3. The van der Waals surface area contributed by atoms with Gasteiger partial charge in [-0.05, 0) is 32.3 Å². The number of benzene rings is 1. The average Bonchev–Trinajstić information content (AvgIpc) is 2.41. The molecule has 21 heavy (non-hydrogen) atoms. The van der Waals surface area contributed by atoms with E-state index >= 15 is 0 Å². The van der Waals surface area contributed by atoms with Crippen LogP contribution in [0.5, 0.6) is 0 Å². The lowest BCUT2D eigenvalue weighted by molar-refractivity contribution is 0.0691. The van der Waals surface area contributed by atoms with E-state index in [-0.39, 0.29) is 11.7 Å². The van der Waals surface area contributed by atoms with Crippen molar-refractivity contribution < 1.29 is 23.5 Å². The lowest BCUT2D eigenvalue weighted by Gasteiger charge is -2.33. The van der Waals surface area contributed by atoms with Crippen LogP contribution in [-0.4, -0.2) is 34.6 Å². The van der Waals surface area contributed by atoms with E-state index in [1.807, 2.05) is 6.92 Å². The molecule has 1 aromatic carbocycles. The van der Waals surface area contributed by atoms with Gasteiger partial charge in [-0.25, -0.2) is 18.4 Å². The first-order valence-electron chi connectivity index (χ1n) is 6.70. The van der Waals surface area contributed by atoms with Gasteiger partial charge in [0, 0.05) is 18.7 Å². The predicted molar refractivity (Wildman–Crippen MR) is 72.4 cm³/mol. The monoisotopic (exact) mass is 298 g/mol. The molecule has 7 heteroatoms. The number of carbonyl (C=O) groups is 2. The summed E-state index contributed by atoms with van der Waals surface area (Å²) in [6.45, 7) is 2.45. The fourth-order valence-corrected chi connectivity index (χ4v) is 2.40. The number of aromatic carboxylic acids is 1. The van der Waals surface area contributed by atoms with Crippen LogP contribution in [-0.2, 0) is 0 Å². The van der Waals surface area contributed by atoms with Gasteiger partial charge in [0.2, 0.25) is 0 Å². The summed E-state index contributed by atoms with van der Waals surface area (Å²) in [5, 5.41) is 11.1. The summed E-state index contributed by atoms with van der Waals surface area (Å²) in [7, 11) is 0. The summed E-state index contributed by atoms with van der Waals surface area (Å²) in [5.74, 6) is -3.70. The summed E-state index contributed by atoms with van der Waals surface area (Å²) >= 11 is 0. The smallest absolute Gasteiger partial charge is 0.338 e. The van der Waals surface area contributed by atoms with Crippen LogP contribution in [0.3, 0.4) is 0 Å². The van der Waals surface area contributed by atoms with Crippen molar-refractivity contribution in [2.75, 3.05) is 11.9 Å². The zero-order chi connectivity index (χ0) is 15.6. The largest absolute Gasteiger partial charge is 0.478 e. The molecule has 5 nitrogen and oxygen atoms in total. The maximum absolute atomic E-state index is 13.7. The number of amides is 2.